The number of benzene rings is 1. The molecular weight excluding hydrogens is 346 g/mol. The first-order valence-electron chi connectivity index (χ1n) is 7.64. The van der Waals surface area contributed by atoms with Crippen molar-refractivity contribution in [2.75, 3.05) is 0 Å². The standard InChI is InChI=1S/C16H21N3O5S/c1-16(2)11(15(23)24)19-13(25-16)10(14(21)22)18-12(20)9(17)8-6-4-3-5-7-8/h3-7,9-11,13,19H,17H2,1-2H3,(H,18,20)(H,21,22)(H,23,24)/t9?,10-,11?,13?/m1/s1. The number of carboxylic acid groups (broad SMARTS) is 2. The summed E-state index contributed by atoms with van der Waals surface area (Å²) in [6.45, 7) is 3.42. The highest BCUT2D eigenvalue weighted by Crippen LogP contribution is 2.39. The lowest BCUT2D eigenvalue weighted by Crippen LogP contribution is -2.55. The third-order valence-electron chi connectivity index (χ3n) is 4.01. The molecule has 0 radical (unpaired) electrons. The SMILES string of the molecule is CC1(C)SC([C@@H](NC(=O)C(N)c2ccccc2)C(=O)O)NC1C(=O)O. The van der Waals surface area contributed by atoms with Crippen molar-refractivity contribution in [2.24, 2.45) is 5.73 Å². The molecule has 9 heteroatoms. The Hall–Kier alpha value is -2.10. The van der Waals surface area contributed by atoms with E-state index in [-0.39, 0.29) is 0 Å². The Bertz CT molecular complexity index is 667. The number of nitrogens with two attached hydrogens (primary N) is 1. The number of hydrogen-bond donors (Lipinski definition) is 5. The molecule has 0 saturated carbocycles. The lowest BCUT2D eigenvalue weighted by Gasteiger charge is -2.23. The van der Waals surface area contributed by atoms with E-state index in [4.69, 9.17) is 5.73 Å². The largest absolute Gasteiger partial charge is 0.480 e. The fraction of sp³-hybridized carbons (Fsp3) is 0.438. The van der Waals surface area contributed by atoms with E-state index in [1.807, 2.05) is 0 Å². The van der Waals surface area contributed by atoms with E-state index in [1.54, 1.807) is 44.2 Å². The molecular formula is C16H21N3O5S. The zero-order valence-corrected chi connectivity index (χ0v) is 14.6. The molecule has 6 N–H and O–H groups in total. The maximum Gasteiger partial charge on any atom is 0.328 e. The van der Waals surface area contributed by atoms with Crippen molar-refractivity contribution >= 4 is 29.6 Å². The number of thioether (sulfide) groups is 1. The van der Waals surface area contributed by atoms with Crippen LogP contribution in [0.2, 0.25) is 0 Å². The predicted octanol–water partition coefficient (Wildman–Crippen LogP) is 0.150. The molecule has 0 aliphatic carbocycles. The molecule has 1 fully saturated rings. The van der Waals surface area contributed by atoms with Gasteiger partial charge in [-0.25, -0.2) is 4.79 Å². The number of amides is 1. The molecule has 0 spiro atoms. The molecule has 1 aromatic carbocycles. The summed E-state index contributed by atoms with van der Waals surface area (Å²) in [7, 11) is 0. The van der Waals surface area contributed by atoms with Crippen LogP contribution >= 0.6 is 11.8 Å². The Kier molecular flexibility index (Phi) is 5.71. The van der Waals surface area contributed by atoms with Gasteiger partial charge in [-0.1, -0.05) is 30.3 Å². The maximum absolute atomic E-state index is 12.3. The minimum Gasteiger partial charge on any atom is -0.480 e. The van der Waals surface area contributed by atoms with Crippen LogP contribution in [0.15, 0.2) is 30.3 Å². The molecule has 136 valence electrons. The van der Waals surface area contributed by atoms with Crippen LogP contribution in [0.5, 0.6) is 0 Å². The Morgan fingerprint density at radius 1 is 1.24 bits per heavy atom. The maximum atomic E-state index is 12.3. The van der Waals surface area contributed by atoms with Gasteiger partial charge in [-0.05, 0) is 19.4 Å². The summed E-state index contributed by atoms with van der Waals surface area (Å²) < 4.78 is -0.726. The molecule has 1 heterocycles. The van der Waals surface area contributed by atoms with Gasteiger partial charge in [0.25, 0.3) is 0 Å². The molecule has 1 aliphatic rings. The van der Waals surface area contributed by atoms with E-state index in [2.05, 4.69) is 10.6 Å². The Balaban J connectivity index is 2.13. The smallest absolute Gasteiger partial charge is 0.328 e. The Morgan fingerprint density at radius 2 is 1.84 bits per heavy atom. The van der Waals surface area contributed by atoms with Crippen LogP contribution in [-0.2, 0) is 14.4 Å². The molecule has 1 aromatic rings. The number of carboxylic acids is 2. The number of aliphatic carboxylic acids is 2. The predicted molar refractivity (Wildman–Crippen MR) is 93.0 cm³/mol. The highest BCUT2D eigenvalue weighted by Gasteiger charge is 2.49. The first-order valence-corrected chi connectivity index (χ1v) is 8.52. The van der Waals surface area contributed by atoms with Gasteiger partial charge < -0.3 is 21.3 Å². The number of nitrogens with one attached hydrogen (secondary N) is 2. The van der Waals surface area contributed by atoms with E-state index in [0.29, 0.717) is 5.56 Å². The second-order valence-corrected chi connectivity index (χ2v) is 8.09. The van der Waals surface area contributed by atoms with Gasteiger partial charge in [-0.15, -0.1) is 11.8 Å². The molecule has 0 bridgehead atoms. The summed E-state index contributed by atoms with van der Waals surface area (Å²) in [6, 6.07) is 5.33. The molecule has 3 unspecified atom stereocenters. The summed E-state index contributed by atoms with van der Waals surface area (Å²) >= 11 is 1.16. The zero-order valence-electron chi connectivity index (χ0n) is 13.8. The van der Waals surface area contributed by atoms with Gasteiger partial charge in [-0.3, -0.25) is 14.9 Å². The van der Waals surface area contributed by atoms with E-state index in [0.717, 1.165) is 11.8 Å². The molecule has 8 nitrogen and oxygen atoms in total. The lowest BCUT2D eigenvalue weighted by molar-refractivity contribution is -0.143. The van der Waals surface area contributed by atoms with Gasteiger partial charge >= 0.3 is 11.9 Å². The van der Waals surface area contributed by atoms with Gasteiger partial charge in [-0.2, -0.15) is 0 Å². The molecule has 0 aromatic heterocycles. The van der Waals surface area contributed by atoms with Crippen molar-refractivity contribution in [1.82, 2.24) is 10.6 Å². The van der Waals surface area contributed by atoms with Crippen LogP contribution in [-0.4, -0.2) is 50.3 Å². The lowest BCUT2D eigenvalue weighted by atomic mass is 10.0. The third-order valence-corrected chi connectivity index (χ3v) is 5.52. The number of rotatable bonds is 6. The summed E-state index contributed by atoms with van der Waals surface area (Å²) in [5, 5.41) is 23.1. The minimum absolute atomic E-state index is 0.555. The van der Waals surface area contributed by atoms with E-state index < -0.39 is 46.1 Å². The van der Waals surface area contributed by atoms with Gasteiger partial charge in [0, 0.05) is 4.75 Å². The fourth-order valence-corrected chi connectivity index (χ4v) is 4.13. The van der Waals surface area contributed by atoms with Gasteiger partial charge in [0.1, 0.15) is 12.1 Å². The van der Waals surface area contributed by atoms with Crippen molar-refractivity contribution in [3.63, 3.8) is 0 Å². The average Bonchev–Trinajstić information content (AvgIpc) is 2.87. The molecule has 4 atom stereocenters. The van der Waals surface area contributed by atoms with Crippen LogP contribution in [0.1, 0.15) is 25.5 Å². The monoisotopic (exact) mass is 367 g/mol. The quantitative estimate of drug-likeness (QED) is 0.478. The Labute approximate surface area is 149 Å². The molecule has 1 saturated heterocycles. The van der Waals surface area contributed by atoms with Gasteiger partial charge in [0.05, 0.1) is 5.37 Å². The van der Waals surface area contributed by atoms with Crippen LogP contribution in [0.3, 0.4) is 0 Å². The zero-order chi connectivity index (χ0) is 18.8. The first kappa shape index (κ1) is 19.2. The number of carbonyl (C=O) groups excluding carboxylic acids is 1. The highest BCUT2D eigenvalue weighted by molar-refractivity contribution is 8.01. The second-order valence-electron chi connectivity index (χ2n) is 6.29. The van der Waals surface area contributed by atoms with Gasteiger partial charge in [0.2, 0.25) is 5.91 Å². The average molecular weight is 367 g/mol. The van der Waals surface area contributed by atoms with Crippen molar-refractivity contribution in [3.05, 3.63) is 35.9 Å². The van der Waals surface area contributed by atoms with Gasteiger partial charge in [0.15, 0.2) is 6.04 Å². The summed E-state index contributed by atoms with van der Waals surface area (Å²) in [6.07, 6.45) is 0. The minimum atomic E-state index is -1.31. The molecule has 1 aliphatic heterocycles. The van der Waals surface area contributed by atoms with E-state index >= 15 is 0 Å². The number of carbonyl (C=O) groups is 3. The van der Waals surface area contributed by atoms with Crippen LogP contribution < -0.4 is 16.4 Å². The molecule has 1 amide bonds. The van der Waals surface area contributed by atoms with E-state index in [1.165, 1.54) is 0 Å². The van der Waals surface area contributed by atoms with Crippen LogP contribution in [0.25, 0.3) is 0 Å². The van der Waals surface area contributed by atoms with Crippen LogP contribution in [0, 0.1) is 0 Å². The second kappa shape index (κ2) is 7.42. The summed E-state index contributed by atoms with van der Waals surface area (Å²) in [5.41, 5.74) is 6.44. The Morgan fingerprint density at radius 3 is 2.32 bits per heavy atom. The topological polar surface area (TPSA) is 142 Å². The third kappa shape index (κ3) is 4.30. The van der Waals surface area contributed by atoms with Crippen molar-refractivity contribution in [2.45, 2.75) is 42.1 Å². The fourth-order valence-electron chi connectivity index (χ4n) is 2.65. The normalized spacial score (nSPS) is 24.3. The van der Waals surface area contributed by atoms with Crippen molar-refractivity contribution in [1.29, 1.82) is 0 Å². The molecule has 25 heavy (non-hydrogen) atoms. The first-order chi connectivity index (χ1) is 11.6. The summed E-state index contributed by atoms with van der Waals surface area (Å²) in [5.74, 6) is -2.98. The van der Waals surface area contributed by atoms with Crippen LogP contribution in [0.4, 0.5) is 0 Å². The van der Waals surface area contributed by atoms with E-state index in [9.17, 15) is 24.6 Å². The van der Waals surface area contributed by atoms with Crippen molar-refractivity contribution < 1.29 is 24.6 Å². The molecule has 2 rings (SSSR count). The number of hydrogen-bond acceptors (Lipinski definition) is 6. The summed E-state index contributed by atoms with van der Waals surface area (Å²) in [4.78, 5) is 35.3. The highest BCUT2D eigenvalue weighted by atomic mass is 32.2. The van der Waals surface area contributed by atoms with Crippen molar-refractivity contribution in [3.8, 4) is 0 Å².